The molecule has 0 aliphatic heterocycles. The Balaban J connectivity index is 2.85. The molecule has 3 heteroatoms. The van der Waals surface area contributed by atoms with Crippen LogP contribution in [0.25, 0.3) is 0 Å². The summed E-state index contributed by atoms with van der Waals surface area (Å²) in [5.74, 6) is 0. The van der Waals surface area contributed by atoms with Gasteiger partial charge in [0.05, 0.1) is 17.6 Å². The van der Waals surface area contributed by atoms with Crippen molar-refractivity contribution in [1.82, 2.24) is 10.3 Å². The van der Waals surface area contributed by atoms with Crippen LogP contribution in [0, 0.1) is 0 Å². The zero-order chi connectivity index (χ0) is 13.4. The number of nitrogens with zero attached hydrogens (tertiary/aromatic N) is 2. The summed E-state index contributed by atoms with van der Waals surface area (Å²) < 4.78 is 0. The van der Waals surface area contributed by atoms with Crippen molar-refractivity contribution in [1.29, 1.82) is 0 Å². The van der Waals surface area contributed by atoms with Gasteiger partial charge in [-0.2, -0.15) is 0 Å². The Morgan fingerprint density at radius 2 is 2.00 bits per heavy atom. The van der Waals surface area contributed by atoms with E-state index in [-0.39, 0.29) is 0 Å². The number of nitrogens with one attached hydrogen (secondary N) is 1. The first kappa shape index (κ1) is 14.5. The smallest absolute Gasteiger partial charge is 0.0574 e. The molecule has 0 amide bonds. The molecule has 1 heterocycles. The Labute approximate surface area is 110 Å². The van der Waals surface area contributed by atoms with E-state index >= 15 is 0 Å². The van der Waals surface area contributed by atoms with E-state index in [9.17, 15) is 0 Å². The summed E-state index contributed by atoms with van der Waals surface area (Å²) in [4.78, 5) is 6.71. The quantitative estimate of drug-likeness (QED) is 0.714. The minimum absolute atomic E-state index is 0.325. The molecular weight excluding hydrogens is 222 g/mol. The SMILES string of the molecule is C=CCN(CC=C)c1ccc(C(CC)NC)nc1. The molecule has 0 saturated heterocycles. The average Bonchev–Trinajstić information content (AvgIpc) is 2.41. The maximum atomic E-state index is 4.53. The molecule has 0 aliphatic rings. The van der Waals surface area contributed by atoms with Crippen molar-refractivity contribution >= 4 is 5.69 Å². The van der Waals surface area contributed by atoms with Crippen molar-refractivity contribution < 1.29 is 0 Å². The lowest BCUT2D eigenvalue weighted by Gasteiger charge is -2.22. The van der Waals surface area contributed by atoms with Crippen molar-refractivity contribution in [3.05, 3.63) is 49.3 Å². The normalized spacial score (nSPS) is 11.9. The van der Waals surface area contributed by atoms with E-state index in [1.807, 2.05) is 25.4 Å². The fourth-order valence-electron chi connectivity index (χ4n) is 1.95. The van der Waals surface area contributed by atoms with Gasteiger partial charge in [0.15, 0.2) is 0 Å². The van der Waals surface area contributed by atoms with E-state index in [4.69, 9.17) is 0 Å². The summed E-state index contributed by atoms with van der Waals surface area (Å²) in [6.07, 6.45) is 6.73. The Morgan fingerprint density at radius 1 is 1.33 bits per heavy atom. The van der Waals surface area contributed by atoms with Gasteiger partial charge in [0.1, 0.15) is 0 Å². The highest BCUT2D eigenvalue weighted by Gasteiger charge is 2.09. The number of hydrogen-bond acceptors (Lipinski definition) is 3. The first-order valence-electron chi connectivity index (χ1n) is 6.36. The second-order valence-electron chi connectivity index (χ2n) is 4.17. The molecule has 3 nitrogen and oxygen atoms in total. The molecule has 1 atom stereocenters. The summed E-state index contributed by atoms with van der Waals surface area (Å²) in [5, 5.41) is 3.26. The molecule has 1 aromatic rings. The van der Waals surface area contributed by atoms with Crippen LogP contribution in [-0.4, -0.2) is 25.1 Å². The van der Waals surface area contributed by atoms with Gasteiger partial charge >= 0.3 is 0 Å². The van der Waals surface area contributed by atoms with Gasteiger partial charge in [-0.3, -0.25) is 4.98 Å². The van der Waals surface area contributed by atoms with Gasteiger partial charge in [-0.05, 0) is 25.6 Å². The fraction of sp³-hybridized carbons (Fsp3) is 0.400. The molecular formula is C15H23N3. The van der Waals surface area contributed by atoms with E-state index in [1.54, 1.807) is 0 Å². The third-order valence-electron chi connectivity index (χ3n) is 2.95. The molecule has 0 spiro atoms. The van der Waals surface area contributed by atoms with Crippen molar-refractivity contribution in [2.45, 2.75) is 19.4 Å². The van der Waals surface area contributed by atoms with Crippen LogP contribution in [0.1, 0.15) is 25.1 Å². The van der Waals surface area contributed by atoms with Crippen molar-refractivity contribution in [2.24, 2.45) is 0 Å². The fourth-order valence-corrected chi connectivity index (χ4v) is 1.95. The first-order chi connectivity index (χ1) is 8.76. The summed E-state index contributed by atoms with van der Waals surface area (Å²) in [5.41, 5.74) is 2.19. The van der Waals surface area contributed by atoms with E-state index in [0.717, 1.165) is 30.9 Å². The largest absolute Gasteiger partial charge is 0.363 e. The average molecular weight is 245 g/mol. The molecule has 98 valence electrons. The second-order valence-corrected chi connectivity index (χ2v) is 4.17. The summed E-state index contributed by atoms with van der Waals surface area (Å²) in [6, 6.07) is 4.51. The molecule has 0 fully saturated rings. The van der Waals surface area contributed by atoms with E-state index in [1.165, 1.54) is 0 Å². The zero-order valence-electron chi connectivity index (χ0n) is 11.4. The number of pyridine rings is 1. The predicted octanol–water partition coefficient (Wildman–Crippen LogP) is 2.93. The van der Waals surface area contributed by atoms with Crippen molar-refractivity contribution in [2.75, 3.05) is 25.0 Å². The van der Waals surface area contributed by atoms with E-state index in [0.29, 0.717) is 6.04 Å². The van der Waals surface area contributed by atoms with Crippen molar-refractivity contribution in [3.8, 4) is 0 Å². The number of anilines is 1. The van der Waals surface area contributed by atoms with Gasteiger partial charge in [0.25, 0.3) is 0 Å². The van der Waals surface area contributed by atoms with Crippen LogP contribution >= 0.6 is 0 Å². The monoisotopic (exact) mass is 245 g/mol. The van der Waals surface area contributed by atoms with Gasteiger partial charge in [-0.25, -0.2) is 0 Å². The predicted molar refractivity (Wildman–Crippen MR) is 78.9 cm³/mol. The van der Waals surface area contributed by atoms with Gasteiger partial charge in [0.2, 0.25) is 0 Å². The summed E-state index contributed by atoms with van der Waals surface area (Å²) >= 11 is 0. The summed E-state index contributed by atoms with van der Waals surface area (Å²) in [7, 11) is 1.96. The van der Waals surface area contributed by atoms with Crippen LogP contribution in [0.15, 0.2) is 43.6 Å². The second kappa shape index (κ2) is 7.67. The van der Waals surface area contributed by atoms with Crippen LogP contribution in [0.3, 0.4) is 0 Å². The van der Waals surface area contributed by atoms with E-state index < -0.39 is 0 Å². The molecule has 0 aliphatic carbocycles. The third kappa shape index (κ3) is 3.70. The first-order valence-corrected chi connectivity index (χ1v) is 6.36. The zero-order valence-corrected chi connectivity index (χ0v) is 11.4. The Hall–Kier alpha value is -1.61. The number of aromatic nitrogens is 1. The summed E-state index contributed by atoms with van der Waals surface area (Å²) in [6.45, 7) is 11.3. The molecule has 1 aromatic heterocycles. The molecule has 0 radical (unpaired) electrons. The maximum absolute atomic E-state index is 4.53. The lowest BCUT2D eigenvalue weighted by molar-refractivity contribution is 0.561. The van der Waals surface area contributed by atoms with Crippen LogP contribution < -0.4 is 10.2 Å². The topological polar surface area (TPSA) is 28.2 Å². The molecule has 0 saturated carbocycles. The van der Waals surface area contributed by atoms with Gasteiger partial charge in [0, 0.05) is 19.1 Å². The standard InChI is InChI=1S/C15H23N3/c1-5-10-18(11-6-2)13-8-9-15(17-12-13)14(7-3)16-4/h5-6,8-9,12,14,16H,1-2,7,10-11H2,3-4H3. The Kier molecular flexibility index (Phi) is 6.15. The van der Waals surface area contributed by atoms with Gasteiger partial charge in [-0.15, -0.1) is 13.2 Å². The minimum Gasteiger partial charge on any atom is -0.363 e. The number of rotatable bonds is 8. The third-order valence-corrected chi connectivity index (χ3v) is 2.95. The number of hydrogen-bond donors (Lipinski definition) is 1. The van der Waals surface area contributed by atoms with E-state index in [2.05, 4.69) is 47.4 Å². The van der Waals surface area contributed by atoms with Crippen molar-refractivity contribution in [3.63, 3.8) is 0 Å². The minimum atomic E-state index is 0.325. The lowest BCUT2D eigenvalue weighted by Crippen LogP contribution is -2.23. The molecule has 0 aromatic carbocycles. The van der Waals surface area contributed by atoms with Gasteiger partial charge in [-0.1, -0.05) is 19.1 Å². The lowest BCUT2D eigenvalue weighted by atomic mass is 10.1. The Bertz CT molecular complexity index is 356. The highest BCUT2D eigenvalue weighted by Crippen LogP contribution is 2.18. The highest BCUT2D eigenvalue weighted by molar-refractivity contribution is 5.46. The molecule has 1 N–H and O–H groups in total. The van der Waals surface area contributed by atoms with Crippen LogP contribution in [0.2, 0.25) is 0 Å². The van der Waals surface area contributed by atoms with Crippen LogP contribution in [-0.2, 0) is 0 Å². The Morgan fingerprint density at radius 3 is 2.39 bits per heavy atom. The molecule has 1 rings (SSSR count). The molecule has 1 unspecified atom stereocenters. The van der Waals surface area contributed by atoms with Gasteiger partial charge < -0.3 is 10.2 Å². The maximum Gasteiger partial charge on any atom is 0.0574 e. The molecule has 18 heavy (non-hydrogen) atoms. The highest BCUT2D eigenvalue weighted by atomic mass is 15.1. The van der Waals surface area contributed by atoms with Crippen LogP contribution in [0.5, 0.6) is 0 Å². The van der Waals surface area contributed by atoms with Crippen LogP contribution in [0.4, 0.5) is 5.69 Å². The molecule has 0 bridgehead atoms.